The number of nitrogens with one attached hydrogen (secondary N) is 1. The summed E-state index contributed by atoms with van der Waals surface area (Å²) in [5, 5.41) is 14.3. The fourth-order valence-electron chi connectivity index (χ4n) is 4.14. The van der Waals surface area contributed by atoms with Crippen molar-refractivity contribution < 1.29 is 32.6 Å². The van der Waals surface area contributed by atoms with E-state index in [-0.39, 0.29) is 30.3 Å². The molecule has 0 spiro atoms. The second-order valence-corrected chi connectivity index (χ2v) is 12.6. The monoisotopic (exact) mass is 562 g/mol. The smallest absolute Gasteiger partial charge is 0.312 e. The van der Waals surface area contributed by atoms with Crippen molar-refractivity contribution in [3.8, 4) is 5.75 Å². The molecule has 39 heavy (non-hydrogen) atoms. The summed E-state index contributed by atoms with van der Waals surface area (Å²) in [6.07, 6.45) is -0.980. The Labute approximate surface area is 232 Å². The van der Waals surface area contributed by atoms with Gasteiger partial charge in [-0.05, 0) is 56.0 Å². The number of sulfonamides is 1. The molecule has 2 rings (SSSR count). The third kappa shape index (κ3) is 8.52. The van der Waals surface area contributed by atoms with Crippen LogP contribution < -0.4 is 10.1 Å². The van der Waals surface area contributed by atoms with E-state index in [1.54, 1.807) is 32.9 Å². The van der Waals surface area contributed by atoms with Gasteiger partial charge in [0.15, 0.2) is 0 Å². The maximum atomic E-state index is 13.6. The summed E-state index contributed by atoms with van der Waals surface area (Å²) in [4.78, 5) is 25.7. The second-order valence-electron chi connectivity index (χ2n) is 10.7. The molecular formula is C29H42N2O7S. The molecular weight excluding hydrogens is 520 g/mol. The quantitative estimate of drug-likeness (QED) is 0.339. The molecule has 9 nitrogen and oxygen atoms in total. The molecule has 0 bridgehead atoms. The fraction of sp³-hybridized carbons (Fsp3) is 0.517. The standard InChI is InChI=1S/C29H42N2O7S/c1-20(2)18-31(39(35,36)24-15-13-23(37-6)14-16-24)19-26(32)25(17-22-11-9-8-10-12-22)30-27(33)21(3)29(4,5)28(34)38-7/h8-16,20-21,25-26,32H,17-19H2,1-7H3,(H,30,33). The summed E-state index contributed by atoms with van der Waals surface area (Å²) in [6, 6.07) is 14.5. The Kier molecular flexibility index (Phi) is 11.5. The zero-order valence-electron chi connectivity index (χ0n) is 23.9. The highest BCUT2D eigenvalue weighted by Crippen LogP contribution is 2.29. The van der Waals surface area contributed by atoms with E-state index < -0.39 is 45.4 Å². The molecule has 3 atom stereocenters. The van der Waals surface area contributed by atoms with Crippen molar-refractivity contribution >= 4 is 21.9 Å². The number of hydrogen-bond acceptors (Lipinski definition) is 7. The van der Waals surface area contributed by atoms with Gasteiger partial charge < -0.3 is 19.9 Å². The number of aliphatic hydroxyl groups excluding tert-OH is 1. The number of aliphatic hydroxyl groups is 1. The van der Waals surface area contributed by atoms with Crippen LogP contribution in [0.15, 0.2) is 59.5 Å². The molecule has 0 aliphatic carbocycles. The third-order valence-corrected chi connectivity index (χ3v) is 8.78. The topological polar surface area (TPSA) is 122 Å². The molecule has 0 heterocycles. The van der Waals surface area contributed by atoms with Crippen molar-refractivity contribution in [3.05, 3.63) is 60.2 Å². The second kappa shape index (κ2) is 13.9. The minimum Gasteiger partial charge on any atom is -0.497 e. The maximum Gasteiger partial charge on any atom is 0.312 e. The van der Waals surface area contributed by atoms with Crippen LogP contribution in [-0.2, 0) is 30.8 Å². The number of carbonyl (C=O) groups is 2. The molecule has 1 amide bonds. The molecule has 0 saturated heterocycles. The van der Waals surface area contributed by atoms with Gasteiger partial charge in [-0.3, -0.25) is 9.59 Å². The van der Waals surface area contributed by atoms with E-state index in [0.717, 1.165) is 5.56 Å². The molecule has 0 aromatic heterocycles. The van der Waals surface area contributed by atoms with E-state index >= 15 is 0 Å². The zero-order chi connectivity index (χ0) is 29.4. The SMILES string of the molecule is COC(=O)C(C)(C)C(C)C(=O)NC(Cc1ccccc1)C(O)CN(CC(C)C)S(=O)(=O)c1ccc(OC)cc1. The highest BCUT2D eigenvalue weighted by Gasteiger charge is 2.40. The van der Waals surface area contributed by atoms with Gasteiger partial charge in [-0.15, -0.1) is 0 Å². The molecule has 2 aromatic rings. The number of esters is 1. The van der Waals surface area contributed by atoms with Gasteiger partial charge in [0.2, 0.25) is 15.9 Å². The molecule has 2 aromatic carbocycles. The van der Waals surface area contributed by atoms with E-state index in [1.165, 1.54) is 30.7 Å². The molecule has 0 radical (unpaired) electrons. The Hall–Kier alpha value is -2.95. The summed E-state index contributed by atoms with van der Waals surface area (Å²) in [5.74, 6) is -1.24. The lowest BCUT2D eigenvalue weighted by Gasteiger charge is -2.33. The molecule has 0 fully saturated rings. The van der Waals surface area contributed by atoms with Crippen molar-refractivity contribution in [1.29, 1.82) is 0 Å². The lowest BCUT2D eigenvalue weighted by molar-refractivity contribution is -0.157. The predicted molar refractivity (Wildman–Crippen MR) is 150 cm³/mol. The summed E-state index contributed by atoms with van der Waals surface area (Å²) < 4.78 is 38.4. The number of ether oxygens (including phenoxy) is 2. The minimum absolute atomic E-state index is 0.0201. The molecule has 216 valence electrons. The van der Waals surface area contributed by atoms with E-state index in [2.05, 4.69) is 5.32 Å². The molecule has 0 aliphatic heterocycles. The van der Waals surface area contributed by atoms with E-state index in [1.807, 2.05) is 44.2 Å². The molecule has 3 unspecified atom stereocenters. The Bertz CT molecular complexity index is 1180. The maximum absolute atomic E-state index is 13.6. The number of carbonyl (C=O) groups excluding carboxylic acids is 2. The Balaban J connectivity index is 2.37. The van der Waals surface area contributed by atoms with Gasteiger partial charge in [-0.1, -0.05) is 51.1 Å². The van der Waals surface area contributed by atoms with Gasteiger partial charge in [-0.25, -0.2) is 8.42 Å². The van der Waals surface area contributed by atoms with Crippen LogP contribution in [0.1, 0.15) is 40.2 Å². The van der Waals surface area contributed by atoms with Crippen LogP contribution >= 0.6 is 0 Å². The van der Waals surface area contributed by atoms with Gasteiger partial charge in [0.05, 0.1) is 42.6 Å². The summed E-state index contributed by atoms with van der Waals surface area (Å²) in [6.45, 7) is 8.58. The zero-order valence-corrected chi connectivity index (χ0v) is 24.7. The van der Waals surface area contributed by atoms with E-state index in [9.17, 15) is 23.1 Å². The van der Waals surface area contributed by atoms with Crippen LogP contribution in [0.2, 0.25) is 0 Å². The van der Waals surface area contributed by atoms with Crippen LogP contribution in [0.25, 0.3) is 0 Å². The molecule has 10 heteroatoms. The number of benzene rings is 2. The van der Waals surface area contributed by atoms with Crippen LogP contribution in [0.5, 0.6) is 5.75 Å². The first-order valence-corrected chi connectivity index (χ1v) is 14.4. The molecule has 0 aliphatic rings. The van der Waals surface area contributed by atoms with Gasteiger partial charge in [0.1, 0.15) is 5.75 Å². The van der Waals surface area contributed by atoms with Crippen molar-refractivity contribution in [1.82, 2.24) is 9.62 Å². The van der Waals surface area contributed by atoms with Crippen molar-refractivity contribution in [2.75, 3.05) is 27.3 Å². The first kappa shape index (κ1) is 32.3. The Morgan fingerprint density at radius 1 is 0.974 bits per heavy atom. The number of methoxy groups -OCH3 is 2. The third-order valence-electron chi connectivity index (χ3n) is 6.93. The lowest BCUT2D eigenvalue weighted by atomic mass is 9.79. The fourth-order valence-corrected chi connectivity index (χ4v) is 5.76. The minimum atomic E-state index is -3.96. The number of amides is 1. The Morgan fingerprint density at radius 2 is 1.56 bits per heavy atom. The average molecular weight is 563 g/mol. The average Bonchev–Trinajstić information content (AvgIpc) is 2.91. The largest absolute Gasteiger partial charge is 0.497 e. The van der Waals surface area contributed by atoms with Crippen molar-refractivity contribution in [2.45, 2.75) is 58.1 Å². The highest BCUT2D eigenvalue weighted by molar-refractivity contribution is 7.89. The van der Waals surface area contributed by atoms with Crippen LogP contribution in [0.3, 0.4) is 0 Å². The van der Waals surface area contributed by atoms with Crippen molar-refractivity contribution in [2.24, 2.45) is 17.3 Å². The normalized spacial score (nSPS) is 14.5. The highest BCUT2D eigenvalue weighted by atomic mass is 32.2. The van der Waals surface area contributed by atoms with E-state index in [0.29, 0.717) is 5.75 Å². The molecule has 2 N–H and O–H groups in total. The van der Waals surface area contributed by atoms with Crippen LogP contribution in [0.4, 0.5) is 0 Å². The summed E-state index contributed by atoms with van der Waals surface area (Å²) >= 11 is 0. The van der Waals surface area contributed by atoms with Crippen LogP contribution in [-0.4, -0.2) is 69.2 Å². The summed E-state index contributed by atoms with van der Waals surface area (Å²) in [5.41, 5.74) is -0.252. The predicted octanol–water partition coefficient (Wildman–Crippen LogP) is 3.27. The van der Waals surface area contributed by atoms with Crippen LogP contribution in [0, 0.1) is 17.3 Å². The van der Waals surface area contributed by atoms with Gasteiger partial charge in [0.25, 0.3) is 0 Å². The number of hydrogen-bond donors (Lipinski definition) is 2. The first-order valence-electron chi connectivity index (χ1n) is 13.0. The van der Waals surface area contributed by atoms with Gasteiger partial charge in [0, 0.05) is 13.1 Å². The Morgan fingerprint density at radius 3 is 2.08 bits per heavy atom. The lowest BCUT2D eigenvalue weighted by Crippen LogP contribution is -2.53. The molecule has 0 saturated carbocycles. The van der Waals surface area contributed by atoms with Crippen molar-refractivity contribution in [3.63, 3.8) is 0 Å². The van der Waals surface area contributed by atoms with Gasteiger partial charge in [-0.2, -0.15) is 4.31 Å². The number of rotatable bonds is 14. The van der Waals surface area contributed by atoms with Gasteiger partial charge >= 0.3 is 5.97 Å². The number of nitrogens with zero attached hydrogens (tertiary/aromatic N) is 1. The van der Waals surface area contributed by atoms with E-state index in [4.69, 9.17) is 9.47 Å². The first-order chi connectivity index (χ1) is 18.2. The summed E-state index contributed by atoms with van der Waals surface area (Å²) in [7, 11) is -1.19.